The van der Waals surface area contributed by atoms with Gasteiger partial charge in [-0.05, 0) is 36.2 Å². The van der Waals surface area contributed by atoms with E-state index in [1.165, 1.54) is 6.07 Å². The van der Waals surface area contributed by atoms with E-state index >= 15 is 0 Å². The molecule has 3 nitrogen and oxygen atoms in total. The Kier molecular flexibility index (Phi) is 5.11. The Morgan fingerprint density at radius 2 is 2.05 bits per heavy atom. The predicted molar refractivity (Wildman–Crippen MR) is 80.9 cm³/mol. The third-order valence-electron chi connectivity index (χ3n) is 3.12. The van der Waals surface area contributed by atoms with Gasteiger partial charge in [0.1, 0.15) is 11.6 Å². The summed E-state index contributed by atoms with van der Waals surface area (Å²) in [6.45, 7) is 0. The van der Waals surface area contributed by atoms with Gasteiger partial charge in [-0.1, -0.05) is 34.1 Å². The minimum atomic E-state index is -0.322. The summed E-state index contributed by atoms with van der Waals surface area (Å²) in [6.07, 6.45) is 0.563. The fourth-order valence-corrected chi connectivity index (χ4v) is 2.74. The van der Waals surface area contributed by atoms with Gasteiger partial charge in [0, 0.05) is 10.0 Å². The Morgan fingerprint density at radius 3 is 2.70 bits per heavy atom. The van der Waals surface area contributed by atoms with Crippen LogP contribution in [0.3, 0.4) is 0 Å². The quantitative estimate of drug-likeness (QED) is 0.649. The zero-order valence-corrected chi connectivity index (χ0v) is 12.7. The van der Waals surface area contributed by atoms with Gasteiger partial charge in [0.05, 0.1) is 13.2 Å². The molecule has 106 valence electrons. The Balaban J connectivity index is 2.29. The lowest BCUT2D eigenvalue weighted by Gasteiger charge is -2.19. The van der Waals surface area contributed by atoms with Crippen LogP contribution in [0.1, 0.15) is 17.2 Å². The van der Waals surface area contributed by atoms with Crippen LogP contribution in [0, 0.1) is 5.82 Å². The molecule has 1 unspecified atom stereocenters. The highest BCUT2D eigenvalue weighted by molar-refractivity contribution is 9.10. The van der Waals surface area contributed by atoms with Crippen LogP contribution in [0.2, 0.25) is 0 Å². The summed E-state index contributed by atoms with van der Waals surface area (Å²) in [5, 5.41) is 0. The average Bonchev–Trinajstić information content (AvgIpc) is 2.46. The van der Waals surface area contributed by atoms with Crippen molar-refractivity contribution in [2.45, 2.75) is 12.5 Å². The van der Waals surface area contributed by atoms with Crippen LogP contribution in [-0.4, -0.2) is 7.11 Å². The number of hydrazine groups is 1. The predicted octanol–water partition coefficient (Wildman–Crippen LogP) is 3.34. The molecule has 5 heteroatoms. The number of halogens is 2. The molecule has 0 bridgehead atoms. The smallest absolute Gasteiger partial charge is 0.129 e. The van der Waals surface area contributed by atoms with Crippen LogP contribution in [-0.2, 0) is 6.42 Å². The number of hydrogen-bond acceptors (Lipinski definition) is 3. The van der Waals surface area contributed by atoms with Crippen molar-refractivity contribution >= 4 is 15.9 Å². The van der Waals surface area contributed by atoms with Gasteiger partial charge in [0.25, 0.3) is 0 Å². The summed E-state index contributed by atoms with van der Waals surface area (Å²) < 4.78 is 19.9. The van der Waals surface area contributed by atoms with Gasteiger partial charge in [-0.3, -0.25) is 11.3 Å². The van der Waals surface area contributed by atoms with Gasteiger partial charge in [-0.25, -0.2) is 4.39 Å². The third kappa shape index (κ3) is 3.36. The van der Waals surface area contributed by atoms with Crippen molar-refractivity contribution in [2.24, 2.45) is 5.84 Å². The van der Waals surface area contributed by atoms with Gasteiger partial charge in [-0.2, -0.15) is 0 Å². The topological polar surface area (TPSA) is 47.3 Å². The minimum absolute atomic E-state index is 0.287. The molecule has 0 radical (unpaired) electrons. The number of rotatable bonds is 5. The summed E-state index contributed by atoms with van der Waals surface area (Å²) in [5.41, 5.74) is 4.22. The molecule has 20 heavy (non-hydrogen) atoms. The van der Waals surface area contributed by atoms with E-state index in [-0.39, 0.29) is 11.9 Å². The van der Waals surface area contributed by atoms with Crippen LogP contribution in [0.25, 0.3) is 0 Å². The SMILES string of the molecule is COc1cccc(CC(NN)c2c(F)cccc2Br)c1. The summed E-state index contributed by atoms with van der Waals surface area (Å²) in [5.74, 6) is 6.07. The zero-order valence-electron chi connectivity index (χ0n) is 11.1. The van der Waals surface area contributed by atoms with E-state index in [0.717, 1.165) is 11.3 Å². The van der Waals surface area contributed by atoms with Crippen molar-refractivity contribution < 1.29 is 9.13 Å². The van der Waals surface area contributed by atoms with Crippen LogP contribution < -0.4 is 16.0 Å². The Bertz CT molecular complexity index is 572. The molecule has 0 saturated carbocycles. The highest BCUT2D eigenvalue weighted by Gasteiger charge is 2.18. The molecule has 0 amide bonds. The van der Waals surface area contributed by atoms with Crippen molar-refractivity contribution in [3.05, 3.63) is 63.9 Å². The van der Waals surface area contributed by atoms with E-state index in [0.29, 0.717) is 16.5 Å². The van der Waals surface area contributed by atoms with Gasteiger partial charge >= 0.3 is 0 Å². The largest absolute Gasteiger partial charge is 0.497 e. The maximum Gasteiger partial charge on any atom is 0.129 e. The minimum Gasteiger partial charge on any atom is -0.497 e. The first kappa shape index (κ1) is 15.0. The summed E-state index contributed by atoms with van der Waals surface area (Å²) >= 11 is 3.37. The average molecular weight is 339 g/mol. The molecule has 2 aromatic rings. The van der Waals surface area contributed by atoms with Crippen LogP contribution in [0.4, 0.5) is 4.39 Å². The molecule has 3 N–H and O–H groups in total. The lowest BCUT2D eigenvalue weighted by molar-refractivity contribution is 0.413. The molecule has 2 aromatic carbocycles. The number of methoxy groups -OCH3 is 1. The van der Waals surface area contributed by atoms with Crippen LogP contribution >= 0.6 is 15.9 Å². The molecule has 0 saturated heterocycles. The summed E-state index contributed by atoms with van der Waals surface area (Å²) in [6, 6.07) is 12.2. The van der Waals surface area contributed by atoms with E-state index in [9.17, 15) is 4.39 Å². The lowest BCUT2D eigenvalue weighted by Crippen LogP contribution is -2.30. The van der Waals surface area contributed by atoms with Crippen molar-refractivity contribution in [2.75, 3.05) is 7.11 Å². The highest BCUT2D eigenvalue weighted by atomic mass is 79.9. The third-order valence-corrected chi connectivity index (χ3v) is 3.81. The summed E-state index contributed by atoms with van der Waals surface area (Å²) in [4.78, 5) is 0. The second-order valence-corrected chi connectivity index (χ2v) is 5.26. The number of nitrogens with two attached hydrogens (primary N) is 1. The van der Waals surface area contributed by atoms with Gasteiger partial charge in [0.15, 0.2) is 0 Å². The fourth-order valence-electron chi connectivity index (χ4n) is 2.12. The van der Waals surface area contributed by atoms with E-state index in [2.05, 4.69) is 21.4 Å². The molecule has 0 aliphatic heterocycles. The number of ether oxygens (including phenoxy) is 1. The van der Waals surface area contributed by atoms with Gasteiger partial charge in [0.2, 0.25) is 0 Å². The molecule has 1 atom stereocenters. The molecule has 2 rings (SSSR count). The first-order valence-electron chi connectivity index (χ1n) is 6.18. The maximum absolute atomic E-state index is 14.0. The Morgan fingerprint density at radius 1 is 1.30 bits per heavy atom. The number of hydrogen-bond donors (Lipinski definition) is 2. The number of benzene rings is 2. The van der Waals surface area contributed by atoms with Crippen molar-refractivity contribution in [1.29, 1.82) is 0 Å². The van der Waals surface area contributed by atoms with E-state index in [1.54, 1.807) is 19.2 Å². The van der Waals surface area contributed by atoms with Gasteiger partial charge in [-0.15, -0.1) is 0 Å². The second kappa shape index (κ2) is 6.83. The second-order valence-electron chi connectivity index (χ2n) is 4.41. The van der Waals surface area contributed by atoms with Crippen molar-refractivity contribution in [3.8, 4) is 5.75 Å². The summed E-state index contributed by atoms with van der Waals surface area (Å²) in [7, 11) is 1.62. The molecule has 0 aliphatic rings. The van der Waals surface area contributed by atoms with Crippen LogP contribution in [0.15, 0.2) is 46.9 Å². The van der Waals surface area contributed by atoms with E-state index in [4.69, 9.17) is 10.6 Å². The monoisotopic (exact) mass is 338 g/mol. The van der Waals surface area contributed by atoms with Gasteiger partial charge < -0.3 is 4.74 Å². The first-order valence-corrected chi connectivity index (χ1v) is 6.98. The first-order chi connectivity index (χ1) is 9.65. The lowest BCUT2D eigenvalue weighted by atomic mass is 9.99. The zero-order chi connectivity index (χ0) is 14.5. The van der Waals surface area contributed by atoms with Crippen molar-refractivity contribution in [3.63, 3.8) is 0 Å². The van der Waals surface area contributed by atoms with E-state index < -0.39 is 0 Å². The van der Waals surface area contributed by atoms with Crippen molar-refractivity contribution in [1.82, 2.24) is 5.43 Å². The standard InChI is InChI=1S/C15H16BrFN2O/c1-20-11-5-2-4-10(8-11)9-14(19-18)15-12(16)6-3-7-13(15)17/h2-8,14,19H,9,18H2,1H3. The highest BCUT2D eigenvalue weighted by Crippen LogP contribution is 2.28. The normalized spacial score (nSPS) is 12.2. The van der Waals surface area contributed by atoms with Crippen LogP contribution in [0.5, 0.6) is 5.75 Å². The Hall–Kier alpha value is -1.43. The van der Waals surface area contributed by atoms with E-state index in [1.807, 2.05) is 24.3 Å². The molecule has 0 aromatic heterocycles. The molecule has 0 heterocycles. The molecule has 0 spiro atoms. The Labute approximate surface area is 126 Å². The molecule has 0 aliphatic carbocycles. The maximum atomic E-state index is 14.0. The molecular weight excluding hydrogens is 323 g/mol. The molecule has 0 fully saturated rings. The fraction of sp³-hybridized carbons (Fsp3) is 0.200. The number of nitrogens with one attached hydrogen (secondary N) is 1. The molecular formula is C15H16BrFN2O.